The zero-order chi connectivity index (χ0) is 9.97. The third-order valence-corrected chi connectivity index (χ3v) is 1.76. The van der Waals surface area contributed by atoms with Gasteiger partial charge in [-0.2, -0.15) is 0 Å². The minimum Gasteiger partial charge on any atom is -0.478 e. The summed E-state index contributed by atoms with van der Waals surface area (Å²) in [5, 5.41) is 8.74. The molecule has 0 aliphatic heterocycles. The number of H-pyrrole nitrogens is 1. The first kappa shape index (κ1) is 8.43. The van der Waals surface area contributed by atoms with Gasteiger partial charge in [-0.25, -0.2) is 9.78 Å². The van der Waals surface area contributed by atoms with Gasteiger partial charge in [0.1, 0.15) is 5.82 Å². The summed E-state index contributed by atoms with van der Waals surface area (Å²) >= 11 is 0. The van der Waals surface area contributed by atoms with Crippen molar-refractivity contribution >= 4 is 5.97 Å². The molecule has 5 heteroatoms. The van der Waals surface area contributed by atoms with Crippen LogP contribution < -0.4 is 0 Å². The monoisotopic (exact) mass is 189 g/mol. The number of imidazole rings is 1. The van der Waals surface area contributed by atoms with Gasteiger partial charge in [0.25, 0.3) is 0 Å². The van der Waals surface area contributed by atoms with Gasteiger partial charge in [0.15, 0.2) is 0 Å². The largest absolute Gasteiger partial charge is 0.478 e. The fraction of sp³-hybridized carbons (Fsp3) is 0. The number of hydrogen-bond acceptors (Lipinski definition) is 3. The molecule has 0 saturated heterocycles. The van der Waals surface area contributed by atoms with E-state index in [2.05, 4.69) is 15.0 Å². The molecule has 0 radical (unpaired) electrons. The molecule has 70 valence electrons. The standard InChI is InChI=1S/C9H7N3O2/c13-9(14)7-3-6(4-10-5-7)8-11-1-2-12-8/h1-5H,(H,11,12)(H,13,14). The first-order chi connectivity index (χ1) is 6.77. The van der Waals surface area contributed by atoms with Gasteiger partial charge in [-0.05, 0) is 6.07 Å². The molecule has 0 fully saturated rings. The van der Waals surface area contributed by atoms with E-state index in [1.54, 1.807) is 18.6 Å². The normalized spacial score (nSPS) is 10.0. The van der Waals surface area contributed by atoms with Crippen LogP contribution in [0.4, 0.5) is 0 Å². The molecule has 0 aliphatic rings. The minimum atomic E-state index is -0.995. The molecule has 5 nitrogen and oxygen atoms in total. The molecule has 0 saturated carbocycles. The summed E-state index contributed by atoms with van der Waals surface area (Å²) < 4.78 is 0. The Kier molecular flexibility index (Phi) is 1.98. The Bertz CT molecular complexity index is 451. The van der Waals surface area contributed by atoms with Crippen molar-refractivity contribution in [3.63, 3.8) is 0 Å². The van der Waals surface area contributed by atoms with Crippen molar-refractivity contribution in [2.24, 2.45) is 0 Å². The molecular formula is C9H7N3O2. The molecular weight excluding hydrogens is 182 g/mol. The fourth-order valence-corrected chi connectivity index (χ4v) is 1.11. The first-order valence-electron chi connectivity index (χ1n) is 3.95. The Hall–Kier alpha value is -2.17. The molecule has 0 aliphatic carbocycles. The molecule has 2 heterocycles. The fourth-order valence-electron chi connectivity index (χ4n) is 1.11. The summed E-state index contributed by atoms with van der Waals surface area (Å²) in [6, 6.07) is 1.52. The van der Waals surface area contributed by atoms with Crippen LogP contribution in [0.3, 0.4) is 0 Å². The van der Waals surface area contributed by atoms with Gasteiger partial charge in [0.05, 0.1) is 5.56 Å². The van der Waals surface area contributed by atoms with E-state index in [-0.39, 0.29) is 5.56 Å². The number of aromatic carboxylic acids is 1. The third kappa shape index (κ3) is 1.47. The van der Waals surface area contributed by atoms with Crippen molar-refractivity contribution in [2.45, 2.75) is 0 Å². The Balaban J connectivity index is 2.46. The average Bonchev–Trinajstić information content (AvgIpc) is 2.71. The highest BCUT2D eigenvalue weighted by Crippen LogP contribution is 2.13. The van der Waals surface area contributed by atoms with Crippen LogP contribution >= 0.6 is 0 Å². The summed E-state index contributed by atoms with van der Waals surface area (Å²) in [6.45, 7) is 0. The lowest BCUT2D eigenvalue weighted by Crippen LogP contribution is -1.97. The first-order valence-corrected chi connectivity index (χ1v) is 3.95. The van der Waals surface area contributed by atoms with E-state index < -0.39 is 5.97 Å². The topological polar surface area (TPSA) is 78.9 Å². The van der Waals surface area contributed by atoms with Crippen molar-refractivity contribution in [1.29, 1.82) is 0 Å². The maximum absolute atomic E-state index is 10.7. The number of aromatic amines is 1. The smallest absolute Gasteiger partial charge is 0.337 e. The third-order valence-electron chi connectivity index (χ3n) is 1.76. The van der Waals surface area contributed by atoms with Crippen LogP contribution in [0.1, 0.15) is 10.4 Å². The van der Waals surface area contributed by atoms with E-state index in [9.17, 15) is 4.79 Å². The quantitative estimate of drug-likeness (QED) is 0.743. The van der Waals surface area contributed by atoms with Crippen molar-refractivity contribution in [3.8, 4) is 11.4 Å². The summed E-state index contributed by atoms with van der Waals surface area (Å²) in [4.78, 5) is 21.3. The number of carbonyl (C=O) groups is 1. The average molecular weight is 189 g/mol. The van der Waals surface area contributed by atoms with Gasteiger partial charge in [-0.3, -0.25) is 4.98 Å². The number of aromatic nitrogens is 3. The highest BCUT2D eigenvalue weighted by Gasteiger charge is 2.06. The molecule has 0 spiro atoms. The second-order valence-electron chi connectivity index (χ2n) is 2.71. The Labute approximate surface area is 79.5 Å². The second-order valence-corrected chi connectivity index (χ2v) is 2.71. The predicted octanol–water partition coefficient (Wildman–Crippen LogP) is 1.17. The van der Waals surface area contributed by atoms with Crippen LogP contribution in [-0.2, 0) is 0 Å². The van der Waals surface area contributed by atoms with Crippen molar-refractivity contribution < 1.29 is 9.90 Å². The van der Waals surface area contributed by atoms with Crippen LogP contribution in [0.2, 0.25) is 0 Å². The number of rotatable bonds is 2. The van der Waals surface area contributed by atoms with Crippen LogP contribution in [0.15, 0.2) is 30.9 Å². The van der Waals surface area contributed by atoms with Crippen LogP contribution in [-0.4, -0.2) is 26.0 Å². The lowest BCUT2D eigenvalue weighted by atomic mass is 10.2. The predicted molar refractivity (Wildman–Crippen MR) is 48.8 cm³/mol. The van der Waals surface area contributed by atoms with Crippen molar-refractivity contribution in [3.05, 3.63) is 36.4 Å². The van der Waals surface area contributed by atoms with Crippen LogP contribution in [0.25, 0.3) is 11.4 Å². The van der Waals surface area contributed by atoms with E-state index in [4.69, 9.17) is 5.11 Å². The van der Waals surface area contributed by atoms with E-state index >= 15 is 0 Å². The van der Waals surface area contributed by atoms with E-state index in [1.807, 2.05) is 0 Å². The zero-order valence-corrected chi connectivity index (χ0v) is 7.14. The summed E-state index contributed by atoms with van der Waals surface area (Å²) in [5.41, 5.74) is 0.814. The van der Waals surface area contributed by atoms with Crippen LogP contribution in [0, 0.1) is 0 Å². The number of nitrogens with zero attached hydrogens (tertiary/aromatic N) is 2. The molecule has 0 bridgehead atoms. The molecule has 0 atom stereocenters. The lowest BCUT2D eigenvalue weighted by Gasteiger charge is -1.97. The molecule has 2 aromatic rings. The Morgan fingerprint density at radius 1 is 1.43 bits per heavy atom. The summed E-state index contributed by atoms with van der Waals surface area (Å²) in [7, 11) is 0. The summed E-state index contributed by atoms with van der Waals surface area (Å²) in [5.74, 6) is -0.383. The zero-order valence-electron chi connectivity index (χ0n) is 7.14. The van der Waals surface area contributed by atoms with Gasteiger partial charge in [-0.1, -0.05) is 0 Å². The van der Waals surface area contributed by atoms with Crippen molar-refractivity contribution in [2.75, 3.05) is 0 Å². The number of pyridine rings is 1. The maximum atomic E-state index is 10.7. The molecule has 0 unspecified atom stereocenters. The van der Waals surface area contributed by atoms with Gasteiger partial charge < -0.3 is 10.1 Å². The number of carboxylic acids is 1. The number of carboxylic acid groups (broad SMARTS) is 1. The van der Waals surface area contributed by atoms with E-state index in [0.717, 1.165) is 0 Å². The minimum absolute atomic E-state index is 0.152. The molecule has 2 rings (SSSR count). The van der Waals surface area contributed by atoms with E-state index in [1.165, 1.54) is 12.3 Å². The SMILES string of the molecule is O=C(O)c1cncc(-c2ncc[nH]2)c1. The number of nitrogens with one attached hydrogen (secondary N) is 1. The molecule has 2 aromatic heterocycles. The molecule has 0 amide bonds. The highest BCUT2D eigenvalue weighted by atomic mass is 16.4. The molecule has 0 aromatic carbocycles. The highest BCUT2D eigenvalue weighted by molar-refractivity contribution is 5.88. The van der Waals surface area contributed by atoms with Crippen molar-refractivity contribution in [1.82, 2.24) is 15.0 Å². The van der Waals surface area contributed by atoms with E-state index in [0.29, 0.717) is 11.4 Å². The van der Waals surface area contributed by atoms with Crippen LogP contribution in [0.5, 0.6) is 0 Å². The van der Waals surface area contributed by atoms with Gasteiger partial charge >= 0.3 is 5.97 Å². The lowest BCUT2D eigenvalue weighted by molar-refractivity contribution is 0.0696. The van der Waals surface area contributed by atoms with Gasteiger partial charge in [0.2, 0.25) is 0 Å². The molecule has 2 N–H and O–H groups in total. The number of hydrogen-bond donors (Lipinski definition) is 2. The second kappa shape index (κ2) is 3.29. The van der Waals surface area contributed by atoms with Gasteiger partial charge in [-0.15, -0.1) is 0 Å². The maximum Gasteiger partial charge on any atom is 0.337 e. The Morgan fingerprint density at radius 2 is 2.29 bits per heavy atom. The Morgan fingerprint density at radius 3 is 2.93 bits per heavy atom. The van der Waals surface area contributed by atoms with Gasteiger partial charge in [0, 0.05) is 30.4 Å². The molecule has 14 heavy (non-hydrogen) atoms. The summed E-state index contributed by atoms with van der Waals surface area (Å²) in [6.07, 6.45) is 6.13.